The first kappa shape index (κ1) is 12.1. The van der Waals surface area contributed by atoms with Gasteiger partial charge in [0.15, 0.2) is 0 Å². The molecule has 2 N–H and O–H groups in total. The first-order chi connectivity index (χ1) is 8.09. The number of hydrogen-bond acceptors (Lipinski definition) is 4. The quantitative estimate of drug-likeness (QED) is 0.861. The molecule has 2 rings (SSSR count). The SMILES string of the molecule is Cc1nn(C)c(OCc2cccs2)c1C(N)=S. The van der Waals surface area contributed by atoms with Gasteiger partial charge in [-0.2, -0.15) is 5.10 Å². The highest BCUT2D eigenvalue weighted by molar-refractivity contribution is 7.80. The third kappa shape index (κ3) is 2.48. The van der Waals surface area contributed by atoms with Crippen LogP contribution < -0.4 is 10.5 Å². The van der Waals surface area contributed by atoms with Crippen molar-refractivity contribution in [1.29, 1.82) is 0 Å². The number of thiophene rings is 1. The fraction of sp³-hybridized carbons (Fsp3) is 0.273. The molecule has 2 aromatic heterocycles. The van der Waals surface area contributed by atoms with Gasteiger partial charge in [0.2, 0.25) is 5.88 Å². The molecule has 6 heteroatoms. The number of thiocarbonyl (C=S) groups is 1. The van der Waals surface area contributed by atoms with E-state index < -0.39 is 0 Å². The second-order valence-corrected chi connectivity index (χ2v) is 5.09. The molecule has 0 radical (unpaired) electrons. The Bertz CT molecular complexity index is 531. The lowest BCUT2D eigenvalue weighted by molar-refractivity contribution is 0.281. The summed E-state index contributed by atoms with van der Waals surface area (Å²) in [5.74, 6) is 0.628. The summed E-state index contributed by atoms with van der Waals surface area (Å²) in [6, 6.07) is 4.01. The number of aryl methyl sites for hydroxylation is 2. The first-order valence-corrected chi connectivity index (χ1v) is 6.37. The molecule has 90 valence electrons. The van der Waals surface area contributed by atoms with Crippen LogP contribution in [-0.2, 0) is 13.7 Å². The van der Waals surface area contributed by atoms with Gasteiger partial charge in [0.25, 0.3) is 0 Å². The summed E-state index contributed by atoms with van der Waals surface area (Å²) in [6.07, 6.45) is 0. The Hall–Kier alpha value is -1.40. The summed E-state index contributed by atoms with van der Waals surface area (Å²) in [5, 5.41) is 6.28. The van der Waals surface area contributed by atoms with Crippen LogP contribution in [0.15, 0.2) is 17.5 Å². The average molecular weight is 267 g/mol. The fourth-order valence-corrected chi connectivity index (χ4v) is 2.47. The van der Waals surface area contributed by atoms with E-state index in [4.69, 9.17) is 22.7 Å². The average Bonchev–Trinajstić information content (AvgIpc) is 2.83. The second kappa shape index (κ2) is 4.85. The highest BCUT2D eigenvalue weighted by atomic mass is 32.1. The maximum atomic E-state index is 5.74. The molecular weight excluding hydrogens is 254 g/mol. The Balaban J connectivity index is 2.23. The molecule has 0 aliphatic rings. The molecular formula is C11H13N3OS2. The molecule has 0 aliphatic carbocycles. The molecule has 0 atom stereocenters. The summed E-state index contributed by atoms with van der Waals surface area (Å²) >= 11 is 6.66. The Kier molecular flexibility index (Phi) is 3.44. The van der Waals surface area contributed by atoms with Crippen LogP contribution in [0.5, 0.6) is 5.88 Å². The molecule has 0 fully saturated rings. The second-order valence-electron chi connectivity index (χ2n) is 3.62. The molecule has 2 heterocycles. The van der Waals surface area contributed by atoms with E-state index in [-0.39, 0.29) is 0 Å². The molecule has 4 nitrogen and oxygen atoms in total. The molecule has 0 saturated heterocycles. The highest BCUT2D eigenvalue weighted by Gasteiger charge is 2.17. The maximum Gasteiger partial charge on any atom is 0.222 e. The number of ether oxygens (including phenoxy) is 1. The van der Waals surface area contributed by atoms with Gasteiger partial charge in [0, 0.05) is 11.9 Å². The molecule has 0 unspecified atom stereocenters. The van der Waals surface area contributed by atoms with E-state index in [9.17, 15) is 0 Å². The van der Waals surface area contributed by atoms with Crippen molar-refractivity contribution in [3.8, 4) is 5.88 Å². The number of hydrogen-bond donors (Lipinski definition) is 1. The summed E-state index contributed by atoms with van der Waals surface area (Å²) in [6.45, 7) is 2.37. The van der Waals surface area contributed by atoms with Crippen molar-refractivity contribution >= 4 is 28.5 Å². The molecule has 17 heavy (non-hydrogen) atoms. The van der Waals surface area contributed by atoms with E-state index in [1.54, 1.807) is 16.0 Å². The van der Waals surface area contributed by atoms with Gasteiger partial charge in [-0.25, -0.2) is 4.68 Å². The molecule has 0 amide bonds. The van der Waals surface area contributed by atoms with E-state index in [0.29, 0.717) is 17.5 Å². The lowest BCUT2D eigenvalue weighted by atomic mass is 10.2. The molecule has 0 aliphatic heterocycles. The van der Waals surface area contributed by atoms with E-state index in [1.165, 1.54) is 0 Å². The van der Waals surface area contributed by atoms with Crippen molar-refractivity contribution in [2.75, 3.05) is 0 Å². The standard InChI is InChI=1S/C11H13N3OS2/c1-7-9(10(12)16)11(14(2)13-7)15-6-8-4-3-5-17-8/h3-5H,6H2,1-2H3,(H2,12,16). The van der Waals surface area contributed by atoms with Crippen molar-refractivity contribution in [1.82, 2.24) is 9.78 Å². The topological polar surface area (TPSA) is 53.1 Å². The predicted molar refractivity (Wildman–Crippen MR) is 72.5 cm³/mol. The van der Waals surface area contributed by atoms with Crippen LogP contribution in [0.25, 0.3) is 0 Å². The van der Waals surface area contributed by atoms with Gasteiger partial charge in [0.05, 0.1) is 11.3 Å². The Morgan fingerprint density at radius 3 is 3.00 bits per heavy atom. The zero-order chi connectivity index (χ0) is 12.4. The van der Waals surface area contributed by atoms with Crippen molar-refractivity contribution < 1.29 is 4.74 Å². The zero-order valence-electron chi connectivity index (χ0n) is 9.64. The van der Waals surface area contributed by atoms with Gasteiger partial charge in [-0.1, -0.05) is 18.3 Å². The largest absolute Gasteiger partial charge is 0.472 e. The monoisotopic (exact) mass is 267 g/mol. The third-order valence-electron chi connectivity index (χ3n) is 2.35. The van der Waals surface area contributed by atoms with Gasteiger partial charge in [-0.3, -0.25) is 0 Å². The van der Waals surface area contributed by atoms with E-state index in [1.807, 2.05) is 31.5 Å². The Morgan fingerprint density at radius 2 is 2.41 bits per heavy atom. The van der Waals surface area contributed by atoms with Crippen molar-refractivity contribution in [2.45, 2.75) is 13.5 Å². The highest BCUT2D eigenvalue weighted by Crippen LogP contribution is 2.23. The van der Waals surface area contributed by atoms with Crippen molar-refractivity contribution in [2.24, 2.45) is 12.8 Å². The van der Waals surface area contributed by atoms with Crippen molar-refractivity contribution in [3.63, 3.8) is 0 Å². The van der Waals surface area contributed by atoms with E-state index in [2.05, 4.69) is 5.10 Å². The van der Waals surface area contributed by atoms with E-state index in [0.717, 1.165) is 16.1 Å². The minimum absolute atomic E-state index is 0.316. The number of nitrogens with zero attached hydrogens (tertiary/aromatic N) is 2. The number of nitrogens with two attached hydrogens (primary N) is 1. The number of rotatable bonds is 4. The maximum absolute atomic E-state index is 5.74. The Labute approximate surface area is 109 Å². The fourth-order valence-electron chi connectivity index (χ4n) is 1.62. The summed E-state index contributed by atoms with van der Waals surface area (Å²) in [5.41, 5.74) is 7.19. The van der Waals surface area contributed by atoms with Crippen LogP contribution in [0.4, 0.5) is 0 Å². The van der Waals surface area contributed by atoms with Crippen LogP contribution in [0.1, 0.15) is 16.1 Å². The number of aromatic nitrogens is 2. The first-order valence-electron chi connectivity index (χ1n) is 5.08. The summed E-state index contributed by atoms with van der Waals surface area (Å²) in [7, 11) is 1.82. The van der Waals surface area contributed by atoms with Crippen LogP contribution in [-0.4, -0.2) is 14.8 Å². The molecule has 0 spiro atoms. The minimum Gasteiger partial charge on any atom is -0.472 e. The zero-order valence-corrected chi connectivity index (χ0v) is 11.3. The van der Waals surface area contributed by atoms with Crippen molar-refractivity contribution in [3.05, 3.63) is 33.6 Å². The van der Waals surface area contributed by atoms with E-state index >= 15 is 0 Å². The normalized spacial score (nSPS) is 10.5. The minimum atomic E-state index is 0.316. The van der Waals surface area contributed by atoms with Gasteiger partial charge < -0.3 is 10.5 Å². The molecule has 0 bridgehead atoms. The lowest BCUT2D eigenvalue weighted by Crippen LogP contribution is -2.12. The van der Waals surface area contributed by atoms with Crippen LogP contribution >= 0.6 is 23.6 Å². The van der Waals surface area contributed by atoms with Crippen LogP contribution in [0.2, 0.25) is 0 Å². The predicted octanol–water partition coefficient (Wildman–Crippen LogP) is 2.00. The van der Waals surface area contributed by atoms with Gasteiger partial charge >= 0.3 is 0 Å². The van der Waals surface area contributed by atoms with Gasteiger partial charge in [0.1, 0.15) is 11.6 Å². The van der Waals surface area contributed by atoms with Crippen LogP contribution in [0.3, 0.4) is 0 Å². The molecule has 0 aromatic carbocycles. The summed E-state index contributed by atoms with van der Waals surface area (Å²) < 4.78 is 7.40. The molecule has 2 aromatic rings. The Morgan fingerprint density at radius 1 is 1.65 bits per heavy atom. The summed E-state index contributed by atoms with van der Waals surface area (Å²) in [4.78, 5) is 1.47. The van der Waals surface area contributed by atoms with Gasteiger partial charge in [-0.15, -0.1) is 11.3 Å². The smallest absolute Gasteiger partial charge is 0.222 e. The molecule has 0 saturated carbocycles. The van der Waals surface area contributed by atoms with Crippen LogP contribution in [0, 0.1) is 6.92 Å². The third-order valence-corrected chi connectivity index (χ3v) is 3.40. The van der Waals surface area contributed by atoms with Gasteiger partial charge in [-0.05, 0) is 18.4 Å². The lowest BCUT2D eigenvalue weighted by Gasteiger charge is -2.07.